The van der Waals surface area contributed by atoms with E-state index in [0.29, 0.717) is 31.7 Å². The maximum absolute atomic E-state index is 12.3. The first-order chi connectivity index (χ1) is 11.5. The number of nitrogens with zero attached hydrogens (tertiary/aromatic N) is 3. The summed E-state index contributed by atoms with van der Waals surface area (Å²) >= 11 is 1.37. The van der Waals surface area contributed by atoms with Gasteiger partial charge in [0.25, 0.3) is 5.91 Å². The van der Waals surface area contributed by atoms with Crippen molar-refractivity contribution in [2.75, 3.05) is 19.8 Å². The molecule has 1 aliphatic rings. The topological polar surface area (TPSA) is 112 Å². The van der Waals surface area contributed by atoms with Crippen LogP contribution in [0.25, 0.3) is 10.6 Å². The van der Waals surface area contributed by atoms with Crippen molar-refractivity contribution in [3.8, 4) is 10.6 Å². The highest BCUT2D eigenvalue weighted by molar-refractivity contribution is 7.13. The van der Waals surface area contributed by atoms with Crippen LogP contribution >= 0.6 is 11.3 Å². The first-order valence-electron chi connectivity index (χ1n) is 7.61. The van der Waals surface area contributed by atoms with Gasteiger partial charge in [-0.2, -0.15) is 5.10 Å². The van der Waals surface area contributed by atoms with E-state index >= 15 is 0 Å². The zero-order valence-corrected chi connectivity index (χ0v) is 14.1. The number of hydrogen-bond acceptors (Lipinski definition) is 6. The third-order valence-electron chi connectivity index (χ3n) is 4.25. The van der Waals surface area contributed by atoms with Gasteiger partial charge < -0.3 is 15.8 Å². The monoisotopic (exact) mass is 349 g/mol. The molecule has 1 aliphatic heterocycles. The molecular weight excluding hydrogens is 330 g/mol. The van der Waals surface area contributed by atoms with E-state index in [1.807, 2.05) is 13.2 Å². The molecular formula is C15H19N5O3S. The van der Waals surface area contributed by atoms with Gasteiger partial charge in [0.2, 0.25) is 5.91 Å². The van der Waals surface area contributed by atoms with Crippen molar-refractivity contribution in [1.82, 2.24) is 20.1 Å². The van der Waals surface area contributed by atoms with Gasteiger partial charge >= 0.3 is 0 Å². The minimum Gasteiger partial charge on any atom is -0.381 e. The molecule has 0 unspecified atom stereocenters. The van der Waals surface area contributed by atoms with Crippen LogP contribution < -0.4 is 11.1 Å². The van der Waals surface area contributed by atoms with Gasteiger partial charge in [-0.05, 0) is 12.8 Å². The van der Waals surface area contributed by atoms with E-state index in [1.54, 1.807) is 16.3 Å². The van der Waals surface area contributed by atoms with Crippen molar-refractivity contribution >= 4 is 23.2 Å². The molecule has 0 aromatic carbocycles. The minimum absolute atomic E-state index is 0.199. The van der Waals surface area contributed by atoms with Gasteiger partial charge in [-0.25, -0.2) is 4.98 Å². The molecule has 3 heterocycles. The molecule has 0 aliphatic carbocycles. The Hall–Kier alpha value is -2.26. The lowest BCUT2D eigenvalue weighted by Crippen LogP contribution is -2.49. The Balaban J connectivity index is 1.67. The van der Waals surface area contributed by atoms with E-state index in [2.05, 4.69) is 15.4 Å². The van der Waals surface area contributed by atoms with Crippen LogP contribution in [0.15, 0.2) is 17.8 Å². The lowest BCUT2D eigenvalue weighted by Gasteiger charge is -2.34. The fourth-order valence-electron chi connectivity index (χ4n) is 2.65. The van der Waals surface area contributed by atoms with Crippen molar-refractivity contribution in [1.29, 1.82) is 0 Å². The lowest BCUT2D eigenvalue weighted by atomic mass is 9.79. The molecule has 8 nitrogen and oxygen atoms in total. The predicted octanol–water partition coefficient (Wildman–Crippen LogP) is 0.555. The highest BCUT2D eigenvalue weighted by atomic mass is 32.1. The van der Waals surface area contributed by atoms with E-state index in [1.165, 1.54) is 11.3 Å². The molecule has 1 saturated heterocycles. The SMILES string of the molecule is Cn1cc(-c2nc(C(=O)NCC3(C(N)=O)CCOCC3)cs2)cn1. The molecule has 24 heavy (non-hydrogen) atoms. The molecule has 3 N–H and O–H groups in total. The largest absolute Gasteiger partial charge is 0.381 e. The van der Waals surface area contributed by atoms with Crippen LogP contribution in [0.4, 0.5) is 0 Å². The second-order valence-corrected chi connectivity index (χ2v) is 6.74. The maximum Gasteiger partial charge on any atom is 0.270 e. The average Bonchev–Trinajstić information content (AvgIpc) is 3.22. The highest BCUT2D eigenvalue weighted by Gasteiger charge is 2.38. The molecule has 2 aromatic rings. The number of carbonyl (C=O) groups excluding carboxylic acids is 2. The third-order valence-corrected chi connectivity index (χ3v) is 5.14. The Bertz CT molecular complexity index is 748. The van der Waals surface area contributed by atoms with E-state index in [4.69, 9.17) is 10.5 Å². The van der Waals surface area contributed by atoms with E-state index in [-0.39, 0.29) is 12.5 Å². The fraction of sp³-hybridized carbons (Fsp3) is 0.467. The number of aryl methyl sites for hydroxylation is 1. The Morgan fingerprint density at radius 2 is 2.21 bits per heavy atom. The summed E-state index contributed by atoms with van der Waals surface area (Å²) in [7, 11) is 1.82. The summed E-state index contributed by atoms with van der Waals surface area (Å²) in [5.41, 5.74) is 5.99. The van der Waals surface area contributed by atoms with Crippen LogP contribution in [0, 0.1) is 5.41 Å². The molecule has 9 heteroatoms. The van der Waals surface area contributed by atoms with Crippen LogP contribution in [0.5, 0.6) is 0 Å². The van der Waals surface area contributed by atoms with Crippen LogP contribution in [-0.2, 0) is 16.6 Å². The summed E-state index contributed by atoms with van der Waals surface area (Å²) in [6.45, 7) is 1.14. The average molecular weight is 349 g/mol. The smallest absolute Gasteiger partial charge is 0.270 e. The summed E-state index contributed by atoms with van der Waals surface area (Å²) < 4.78 is 6.96. The highest BCUT2D eigenvalue weighted by Crippen LogP contribution is 2.29. The number of thiazole rings is 1. The van der Waals surface area contributed by atoms with Gasteiger partial charge in [0.15, 0.2) is 0 Å². The quantitative estimate of drug-likeness (QED) is 0.819. The zero-order valence-electron chi connectivity index (χ0n) is 13.3. The second kappa shape index (κ2) is 6.70. The molecule has 0 radical (unpaired) electrons. The Kier molecular flexibility index (Phi) is 4.63. The Morgan fingerprint density at radius 3 is 2.83 bits per heavy atom. The number of amides is 2. The number of nitrogens with two attached hydrogens (primary N) is 1. The number of ether oxygens (including phenoxy) is 1. The summed E-state index contributed by atoms with van der Waals surface area (Å²) in [4.78, 5) is 28.5. The van der Waals surface area contributed by atoms with Gasteiger partial charge in [0.1, 0.15) is 10.7 Å². The van der Waals surface area contributed by atoms with E-state index in [0.717, 1.165) is 10.6 Å². The number of carbonyl (C=O) groups is 2. The van der Waals surface area contributed by atoms with Crippen molar-refractivity contribution in [3.63, 3.8) is 0 Å². The first-order valence-corrected chi connectivity index (χ1v) is 8.48. The van der Waals surface area contributed by atoms with Crippen molar-refractivity contribution in [3.05, 3.63) is 23.5 Å². The molecule has 0 saturated carbocycles. The van der Waals surface area contributed by atoms with Crippen molar-refractivity contribution in [2.24, 2.45) is 18.2 Å². The summed E-state index contributed by atoms with van der Waals surface area (Å²) in [5, 5.41) is 9.30. The molecule has 3 rings (SSSR count). The van der Waals surface area contributed by atoms with E-state index in [9.17, 15) is 9.59 Å². The van der Waals surface area contributed by atoms with Crippen molar-refractivity contribution in [2.45, 2.75) is 12.8 Å². The molecule has 2 aromatic heterocycles. The standard InChI is InChI=1S/C15H19N5O3S/c1-20-7-10(6-18-20)13-19-11(8-24-13)12(21)17-9-15(14(16)22)2-4-23-5-3-15/h6-8H,2-5,9H2,1H3,(H2,16,22)(H,17,21). The summed E-state index contributed by atoms with van der Waals surface area (Å²) in [6, 6.07) is 0. The van der Waals surface area contributed by atoms with Crippen molar-refractivity contribution < 1.29 is 14.3 Å². The minimum atomic E-state index is -0.740. The normalized spacial score (nSPS) is 16.7. The molecule has 0 atom stereocenters. The number of rotatable bonds is 5. The van der Waals surface area contributed by atoms with Crippen LogP contribution in [0.3, 0.4) is 0 Å². The van der Waals surface area contributed by atoms with Crippen LogP contribution in [-0.4, -0.2) is 46.3 Å². The Labute approximate surface area is 143 Å². The number of hydrogen-bond donors (Lipinski definition) is 2. The first kappa shape index (κ1) is 16.6. The fourth-order valence-corrected chi connectivity index (χ4v) is 3.43. The summed E-state index contributed by atoms with van der Waals surface area (Å²) in [6.07, 6.45) is 4.57. The summed E-state index contributed by atoms with van der Waals surface area (Å²) in [5.74, 6) is -0.714. The van der Waals surface area contributed by atoms with Gasteiger partial charge in [0.05, 0.1) is 11.6 Å². The van der Waals surface area contributed by atoms with Gasteiger partial charge in [-0.1, -0.05) is 0 Å². The van der Waals surface area contributed by atoms with Gasteiger partial charge in [0, 0.05) is 43.9 Å². The Morgan fingerprint density at radius 1 is 1.46 bits per heavy atom. The lowest BCUT2D eigenvalue weighted by molar-refractivity contribution is -0.132. The zero-order chi connectivity index (χ0) is 17.2. The van der Waals surface area contributed by atoms with Crippen LogP contribution in [0.2, 0.25) is 0 Å². The number of nitrogens with one attached hydrogen (secondary N) is 1. The maximum atomic E-state index is 12.3. The second-order valence-electron chi connectivity index (χ2n) is 5.88. The predicted molar refractivity (Wildman–Crippen MR) is 88.3 cm³/mol. The van der Waals surface area contributed by atoms with Gasteiger partial charge in [-0.3, -0.25) is 14.3 Å². The molecule has 1 fully saturated rings. The number of aromatic nitrogens is 3. The molecule has 0 spiro atoms. The molecule has 0 bridgehead atoms. The van der Waals surface area contributed by atoms with Crippen LogP contribution in [0.1, 0.15) is 23.3 Å². The number of primary amides is 1. The third kappa shape index (κ3) is 3.31. The molecule has 128 valence electrons. The van der Waals surface area contributed by atoms with Gasteiger partial charge in [-0.15, -0.1) is 11.3 Å². The molecule has 2 amide bonds. The van der Waals surface area contributed by atoms with E-state index < -0.39 is 11.3 Å².